The second kappa shape index (κ2) is 5.85. The highest BCUT2D eigenvalue weighted by Crippen LogP contribution is 2.22. The Balaban J connectivity index is 2.35. The van der Waals surface area contributed by atoms with E-state index in [1.165, 1.54) is 10.5 Å². The second-order valence-corrected chi connectivity index (χ2v) is 7.46. The molecule has 0 amide bonds. The highest BCUT2D eigenvalue weighted by Gasteiger charge is 2.26. The van der Waals surface area contributed by atoms with Crippen LogP contribution in [-0.2, 0) is 30.2 Å². The van der Waals surface area contributed by atoms with Gasteiger partial charge in [0.15, 0.2) is 0 Å². The highest BCUT2D eigenvalue weighted by molar-refractivity contribution is 7.89. The van der Waals surface area contributed by atoms with Crippen molar-refractivity contribution in [3.8, 4) is 0 Å². The smallest absolute Gasteiger partial charge is 0.246 e. The van der Waals surface area contributed by atoms with E-state index >= 15 is 0 Å². The second-order valence-electron chi connectivity index (χ2n) is 5.44. The lowest BCUT2D eigenvalue weighted by atomic mass is 10.2. The summed E-state index contributed by atoms with van der Waals surface area (Å²) in [5, 5.41) is 8.46. The first-order valence-electron chi connectivity index (χ1n) is 7.18. The summed E-state index contributed by atoms with van der Waals surface area (Å²) < 4.78 is 30.2. The summed E-state index contributed by atoms with van der Waals surface area (Å²) in [4.78, 5) is 0.246. The Morgan fingerprint density at radius 1 is 1.23 bits per heavy atom. The van der Waals surface area contributed by atoms with Crippen LogP contribution in [0.25, 0.3) is 0 Å². The molecule has 2 aromatic heterocycles. The van der Waals surface area contributed by atoms with Gasteiger partial charge in [-0.1, -0.05) is 0 Å². The number of aromatic nitrogens is 4. The van der Waals surface area contributed by atoms with E-state index in [2.05, 4.69) is 10.2 Å². The van der Waals surface area contributed by atoms with E-state index in [1.807, 2.05) is 25.5 Å². The van der Waals surface area contributed by atoms with E-state index in [9.17, 15) is 8.42 Å². The van der Waals surface area contributed by atoms with Gasteiger partial charge in [-0.05, 0) is 27.7 Å². The molecule has 0 fully saturated rings. The zero-order valence-corrected chi connectivity index (χ0v) is 14.8. The average molecular weight is 325 g/mol. The first-order chi connectivity index (χ1) is 10.2. The standard InChI is InChI=1S/C14H23N5O2S/c1-7-19-11(3)13(10(2)16-19)9-17(5)22(20,21)14-8-15-18(6)12(14)4/h8H,7,9H2,1-6H3. The number of hydrogen-bond donors (Lipinski definition) is 0. The first-order valence-corrected chi connectivity index (χ1v) is 8.62. The maximum Gasteiger partial charge on any atom is 0.246 e. The number of sulfonamides is 1. The van der Waals surface area contributed by atoms with Gasteiger partial charge in [0.1, 0.15) is 4.90 Å². The van der Waals surface area contributed by atoms with Gasteiger partial charge in [0.2, 0.25) is 10.0 Å². The van der Waals surface area contributed by atoms with Crippen molar-refractivity contribution in [3.63, 3.8) is 0 Å². The van der Waals surface area contributed by atoms with Gasteiger partial charge >= 0.3 is 0 Å². The summed E-state index contributed by atoms with van der Waals surface area (Å²) >= 11 is 0. The molecular weight excluding hydrogens is 302 g/mol. The van der Waals surface area contributed by atoms with Gasteiger partial charge in [-0.15, -0.1) is 0 Å². The van der Waals surface area contributed by atoms with Gasteiger partial charge in [0, 0.05) is 38.4 Å². The van der Waals surface area contributed by atoms with Crippen molar-refractivity contribution in [2.75, 3.05) is 7.05 Å². The predicted octanol–water partition coefficient (Wildman–Crippen LogP) is 1.38. The Hall–Kier alpha value is -1.67. The quantitative estimate of drug-likeness (QED) is 0.832. The molecular formula is C14H23N5O2S. The molecule has 0 aliphatic rings. The Kier molecular flexibility index (Phi) is 4.44. The maximum atomic E-state index is 12.7. The van der Waals surface area contributed by atoms with Gasteiger partial charge in [-0.25, -0.2) is 8.42 Å². The molecule has 0 radical (unpaired) electrons. The van der Waals surface area contributed by atoms with Gasteiger partial charge < -0.3 is 0 Å². The molecule has 8 heteroatoms. The topological polar surface area (TPSA) is 73.0 Å². The highest BCUT2D eigenvalue weighted by atomic mass is 32.2. The van der Waals surface area contributed by atoms with Crippen LogP contribution in [0.2, 0.25) is 0 Å². The van der Waals surface area contributed by atoms with E-state index < -0.39 is 10.0 Å². The number of nitrogens with zero attached hydrogens (tertiary/aromatic N) is 5. The number of rotatable bonds is 5. The van der Waals surface area contributed by atoms with Crippen LogP contribution in [-0.4, -0.2) is 39.3 Å². The zero-order chi connectivity index (χ0) is 16.7. The summed E-state index contributed by atoms with van der Waals surface area (Å²) in [6, 6.07) is 0. The van der Waals surface area contributed by atoms with Crippen molar-refractivity contribution in [2.45, 2.75) is 45.7 Å². The van der Waals surface area contributed by atoms with Crippen LogP contribution in [0.5, 0.6) is 0 Å². The summed E-state index contributed by atoms with van der Waals surface area (Å²) in [6.07, 6.45) is 1.40. The van der Waals surface area contributed by atoms with Crippen molar-refractivity contribution in [3.05, 3.63) is 28.8 Å². The fourth-order valence-corrected chi connectivity index (χ4v) is 3.80. The third-order valence-electron chi connectivity index (χ3n) is 4.09. The van der Waals surface area contributed by atoms with Crippen LogP contribution in [0, 0.1) is 20.8 Å². The van der Waals surface area contributed by atoms with Crippen LogP contribution >= 0.6 is 0 Å². The lowest BCUT2D eigenvalue weighted by Crippen LogP contribution is -2.27. The molecule has 0 N–H and O–H groups in total. The molecule has 0 saturated carbocycles. The minimum absolute atomic E-state index is 0.246. The molecule has 0 atom stereocenters. The molecule has 0 aliphatic heterocycles. The summed E-state index contributed by atoms with van der Waals surface area (Å²) in [7, 11) is -0.248. The molecule has 0 bridgehead atoms. The number of aryl methyl sites for hydroxylation is 3. The maximum absolute atomic E-state index is 12.7. The molecule has 122 valence electrons. The fraction of sp³-hybridized carbons (Fsp3) is 0.571. The molecule has 0 aromatic carbocycles. The normalized spacial score (nSPS) is 12.3. The summed E-state index contributed by atoms with van der Waals surface area (Å²) in [5.41, 5.74) is 3.45. The van der Waals surface area contributed by atoms with Crippen molar-refractivity contribution < 1.29 is 8.42 Å². The van der Waals surface area contributed by atoms with Crippen LogP contribution in [0.3, 0.4) is 0 Å². The molecule has 2 heterocycles. The Morgan fingerprint density at radius 2 is 1.86 bits per heavy atom. The van der Waals surface area contributed by atoms with Crippen LogP contribution < -0.4 is 0 Å². The van der Waals surface area contributed by atoms with Crippen molar-refractivity contribution in [1.29, 1.82) is 0 Å². The van der Waals surface area contributed by atoms with Crippen molar-refractivity contribution in [2.24, 2.45) is 7.05 Å². The van der Waals surface area contributed by atoms with Gasteiger partial charge in [0.25, 0.3) is 0 Å². The first kappa shape index (κ1) is 16.7. The van der Waals surface area contributed by atoms with Crippen molar-refractivity contribution in [1.82, 2.24) is 23.9 Å². The Morgan fingerprint density at radius 3 is 2.32 bits per heavy atom. The Labute approximate surface area is 131 Å². The molecule has 2 rings (SSSR count). The van der Waals surface area contributed by atoms with E-state index in [-0.39, 0.29) is 4.90 Å². The van der Waals surface area contributed by atoms with Crippen LogP contribution in [0.15, 0.2) is 11.1 Å². The third-order valence-corrected chi connectivity index (χ3v) is 6.00. The molecule has 2 aromatic rings. The molecule has 7 nitrogen and oxygen atoms in total. The van der Waals surface area contributed by atoms with Gasteiger partial charge in [-0.3, -0.25) is 9.36 Å². The Bertz CT molecular complexity index is 789. The molecule has 22 heavy (non-hydrogen) atoms. The average Bonchev–Trinajstić information content (AvgIpc) is 2.93. The van der Waals surface area contributed by atoms with E-state index in [1.54, 1.807) is 25.7 Å². The van der Waals surface area contributed by atoms with Gasteiger partial charge in [0.05, 0.1) is 17.6 Å². The van der Waals surface area contributed by atoms with Crippen LogP contribution in [0.1, 0.15) is 29.6 Å². The predicted molar refractivity (Wildman–Crippen MR) is 84.0 cm³/mol. The monoisotopic (exact) mass is 325 g/mol. The molecule has 0 aliphatic carbocycles. The van der Waals surface area contributed by atoms with E-state index in [4.69, 9.17) is 0 Å². The minimum atomic E-state index is -3.57. The molecule has 0 saturated heterocycles. The van der Waals surface area contributed by atoms with Crippen molar-refractivity contribution >= 4 is 10.0 Å². The SMILES string of the molecule is CCn1nc(C)c(CN(C)S(=O)(=O)c2cnn(C)c2C)c1C. The summed E-state index contributed by atoms with van der Waals surface area (Å²) in [5.74, 6) is 0. The molecule has 0 spiro atoms. The lowest BCUT2D eigenvalue weighted by Gasteiger charge is -2.17. The zero-order valence-electron chi connectivity index (χ0n) is 14.0. The third kappa shape index (κ3) is 2.68. The lowest BCUT2D eigenvalue weighted by molar-refractivity contribution is 0.464. The van der Waals surface area contributed by atoms with E-state index in [0.717, 1.165) is 23.5 Å². The largest absolute Gasteiger partial charge is 0.272 e. The minimum Gasteiger partial charge on any atom is -0.272 e. The fourth-order valence-electron chi connectivity index (χ4n) is 2.48. The van der Waals surface area contributed by atoms with E-state index in [0.29, 0.717) is 12.2 Å². The van der Waals surface area contributed by atoms with Gasteiger partial charge in [-0.2, -0.15) is 14.5 Å². The number of hydrogen-bond acceptors (Lipinski definition) is 4. The molecule has 0 unspecified atom stereocenters. The summed E-state index contributed by atoms with van der Waals surface area (Å²) in [6.45, 7) is 8.71. The van der Waals surface area contributed by atoms with Crippen LogP contribution in [0.4, 0.5) is 0 Å².